The number of hydrogen-bond acceptors (Lipinski definition) is 5. The fraction of sp³-hybridized carbons (Fsp3) is 0.444. The van der Waals surface area contributed by atoms with E-state index in [1.54, 1.807) is 0 Å². The van der Waals surface area contributed by atoms with Gasteiger partial charge in [-0.15, -0.1) is 0 Å². The molecule has 1 aliphatic rings. The number of rotatable bonds is 2. The van der Waals surface area contributed by atoms with Gasteiger partial charge < -0.3 is 9.47 Å². The molecule has 5 heteroatoms. The maximum atomic E-state index is 10.4. The van der Waals surface area contributed by atoms with E-state index in [0.717, 1.165) is 0 Å². The van der Waals surface area contributed by atoms with E-state index in [-0.39, 0.29) is 6.10 Å². The van der Waals surface area contributed by atoms with Gasteiger partial charge in [0.15, 0.2) is 12.1 Å². The van der Waals surface area contributed by atoms with Gasteiger partial charge in [-0.05, 0) is 0 Å². The Morgan fingerprint density at radius 3 is 2.71 bits per heavy atom. The maximum absolute atomic E-state index is 10.4. The fourth-order valence-corrected chi connectivity index (χ4v) is 1.21. The molecular formula is C9H10N2O3. The number of hydrogen-bond donors (Lipinski definition) is 0. The van der Waals surface area contributed by atoms with Gasteiger partial charge in [-0.1, -0.05) is 0 Å². The minimum atomic E-state index is -0.204. The average molecular weight is 194 g/mol. The maximum Gasteiger partial charge on any atom is 0.159 e. The smallest absolute Gasteiger partial charge is 0.159 e. The average Bonchev–Trinajstić information content (AvgIpc) is 2.30. The zero-order valence-electron chi connectivity index (χ0n) is 7.55. The summed E-state index contributed by atoms with van der Waals surface area (Å²) in [6.45, 7) is 1.65. The lowest BCUT2D eigenvalue weighted by Gasteiger charge is -2.21. The lowest BCUT2D eigenvalue weighted by molar-refractivity contribution is -0.0935. The summed E-state index contributed by atoms with van der Waals surface area (Å²) in [6, 6.07) is 0. The first-order valence-electron chi connectivity index (χ1n) is 4.36. The summed E-state index contributed by atoms with van der Waals surface area (Å²) in [7, 11) is 0. The summed E-state index contributed by atoms with van der Waals surface area (Å²) in [4.78, 5) is 18.4. The molecule has 1 aromatic rings. The van der Waals surface area contributed by atoms with Gasteiger partial charge in [-0.3, -0.25) is 4.79 Å². The molecule has 1 fully saturated rings. The highest BCUT2D eigenvalue weighted by Gasteiger charge is 2.18. The van der Waals surface area contributed by atoms with Crippen LogP contribution < -0.4 is 0 Å². The minimum Gasteiger partial charge on any atom is -0.376 e. The lowest BCUT2D eigenvalue weighted by Crippen LogP contribution is -2.23. The molecule has 2 rings (SSSR count). The van der Waals surface area contributed by atoms with E-state index in [4.69, 9.17) is 9.47 Å². The van der Waals surface area contributed by atoms with Crippen LogP contribution >= 0.6 is 0 Å². The summed E-state index contributed by atoms with van der Waals surface area (Å²) < 4.78 is 10.6. The van der Waals surface area contributed by atoms with Gasteiger partial charge in [0.05, 0.1) is 25.4 Å². The Balaban J connectivity index is 2.11. The van der Waals surface area contributed by atoms with E-state index in [1.165, 1.54) is 12.4 Å². The van der Waals surface area contributed by atoms with Crippen LogP contribution in [0.4, 0.5) is 0 Å². The van der Waals surface area contributed by atoms with Gasteiger partial charge in [-0.25, -0.2) is 9.97 Å². The normalized spacial score (nSPS) is 21.9. The molecule has 0 radical (unpaired) electrons. The van der Waals surface area contributed by atoms with Crippen molar-refractivity contribution >= 4 is 6.29 Å². The third-order valence-corrected chi connectivity index (χ3v) is 1.93. The Morgan fingerprint density at radius 2 is 2.14 bits per heavy atom. The molecule has 1 aromatic heterocycles. The van der Waals surface area contributed by atoms with Crippen LogP contribution in [-0.4, -0.2) is 36.1 Å². The summed E-state index contributed by atoms with van der Waals surface area (Å²) in [5, 5.41) is 0. The fourth-order valence-electron chi connectivity index (χ4n) is 1.21. The molecule has 0 amide bonds. The van der Waals surface area contributed by atoms with Crippen molar-refractivity contribution in [3.8, 4) is 0 Å². The van der Waals surface area contributed by atoms with Crippen LogP contribution in [0.15, 0.2) is 12.4 Å². The summed E-state index contributed by atoms with van der Waals surface area (Å²) in [6.07, 6.45) is 3.47. The Labute approximate surface area is 81.1 Å². The third kappa shape index (κ3) is 1.94. The Kier molecular flexibility index (Phi) is 2.81. The second-order valence-corrected chi connectivity index (χ2v) is 2.93. The van der Waals surface area contributed by atoms with Crippen molar-refractivity contribution in [2.24, 2.45) is 0 Å². The Morgan fingerprint density at radius 1 is 1.36 bits per heavy atom. The van der Waals surface area contributed by atoms with E-state index in [9.17, 15) is 4.79 Å². The molecule has 1 unspecified atom stereocenters. The topological polar surface area (TPSA) is 61.3 Å². The van der Waals surface area contributed by atoms with Gasteiger partial charge in [0, 0.05) is 12.4 Å². The zero-order chi connectivity index (χ0) is 9.80. The largest absolute Gasteiger partial charge is 0.376 e. The number of ether oxygens (including phenoxy) is 2. The first kappa shape index (κ1) is 9.23. The second-order valence-electron chi connectivity index (χ2n) is 2.93. The summed E-state index contributed by atoms with van der Waals surface area (Å²) in [5.41, 5.74) is 0.463. The monoisotopic (exact) mass is 194 g/mol. The molecule has 0 N–H and O–H groups in total. The van der Waals surface area contributed by atoms with Crippen LogP contribution in [0.3, 0.4) is 0 Å². The van der Waals surface area contributed by atoms with Gasteiger partial charge in [-0.2, -0.15) is 0 Å². The first-order valence-corrected chi connectivity index (χ1v) is 4.36. The van der Waals surface area contributed by atoms with E-state index in [2.05, 4.69) is 9.97 Å². The van der Waals surface area contributed by atoms with E-state index in [0.29, 0.717) is 37.5 Å². The van der Waals surface area contributed by atoms with Crippen LogP contribution in [0.25, 0.3) is 0 Å². The number of carbonyl (C=O) groups is 1. The molecule has 0 bridgehead atoms. The van der Waals surface area contributed by atoms with Crippen LogP contribution in [0.1, 0.15) is 22.3 Å². The van der Waals surface area contributed by atoms with E-state index >= 15 is 0 Å². The van der Waals surface area contributed by atoms with Crippen LogP contribution in [0, 0.1) is 0 Å². The predicted octanol–water partition coefficient (Wildman–Crippen LogP) is 0.377. The van der Waals surface area contributed by atoms with Crippen molar-refractivity contribution in [2.45, 2.75) is 6.10 Å². The highest BCUT2D eigenvalue weighted by molar-refractivity contribution is 5.73. The van der Waals surface area contributed by atoms with Gasteiger partial charge in [0.2, 0.25) is 0 Å². The van der Waals surface area contributed by atoms with E-state index < -0.39 is 0 Å². The van der Waals surface area contributed by atoms with Crippen LogP contribution in [0.2, 0.25) is 0 Å². The molecule has 2 heterocycles. The number of nitrogens with zero attached hydrogens (tertiary/aromatic N) is 2. The van der Waals surface area contributed by atoms with Gasteiger partial charge in [0.1, 0.15) is 6.10 Å². The van der Waals surface area contributed by atoms with Gasteiger partial charge in [0.25, 0.3) is 0 Å². The third-order valence-electron chi connectivity index (χ3n) is 1.93. The SMILES string of the molecule is O=Cc1cnc(C2COCCO2)nc1. The van der Waals surface area contributed by atoms with Crippen molar-refractivity contribution < 1.29 is 14.3 Å². The summed E-state index contributed by atoms with van der Waals surface area (Å²) in [5.74, 6) is 0.565. The molecule has 0 aromatic carbocycles. The molecule has 1 atom stereocenters. The van der Waals surface area contributed by atoms with Crippen molar-refractivity contribution in [2.75, 3.05) is 19.8 Å². The van der Waals surface area contributed by atoms with Crippen molar-refractivity contribution in [3.63, 3.8) is 0 Å². The molecule has 5 nitrogen and oxygen atoms in total. The number of carbonyl (C=O) groups excluding carboxylic acids is 1. The molecule has 1 aliphatic heterocycles. The van der Waals surface area contributed by atoms with Crippen molar-refractivity contribution in [1.82, 2.24) is 9.97 Å². The molecule has 1 saturated heterocycles. The van der Waals surface area contributed by atoms with Gasteiger partial charge >= 0.3 is 0 Å². The molecule has 0 spiro atoms. The predicted molar refractivity (Wildman–Crippen MR) is 46.9 cm³/mol. The highest BCUT2D eigenvalue weighted by Crippen LogP contribution is 2.16. The molecular weight excluding hydrogens is 184 g/mol. The standard InChI is InChI=1S/C9H10N2O3/c12-5-7-3-10-9(11-4-7)8-6-13-1-2-14-8/h3-5,8H,1-2,6H2. The lowest BCUT2D eigenvalue weighted by atomic mass is 10.3. The second kappa shape index (κ2) is 4.26. The first-order chi connectivity index (χ1) is 6.90. The molecule has 0 aliphatic carbocycles. The van der Waals surface area contributed by atoms with E-state index in [1.807, 2.05) is 0 Å². The zero-order valence-corrected chi connectivity index (χ0v) is 7.55. The quantitative estimate of drug-likeness (QED) is 0.637. The molecule has 74 valence electrons. The van der Waals surface area contributed by atoms with Crippen LogP contribution in [0.5, 0.6) is 0 Å². The number of aldehydes is 1. The van der Waals surface area contributed by atoms with Crippen molar-refractivity contribution in [3.05, 3.63) is 23.8 Å². The Hall–Kier alpha value is -1.33. The summed E-state index contributed by atoms with van der Waals surface area (Å²) >= 11 is 0. The van der Waals surface area contributed by atoms with Crippen LogP contribution in [-0.2, 0) is 9.47 Å². The van der Waals surface area contributed by atoms with Crippen molar-refractivity contribution in [1.29, 1.82) is 0 Å². The Bertz CT molecular complexity index is 306. The molecule has 0 saturated carbocycles. The highest BCUT2D eigenvalue weighted by atomic mass is 16.6. The number of aromatic nitrogens is 2. The minimum absolute atomic E-state index is 0.204. The molecule has 14 heavy (non-hydrogen) atoms.